The van der Waals surface area contributed by atoms with Crippen molar-refractivity contribution < 1.29 is 4.74 Å². The number of rotatable bonds is 5. The second-order valence-corrected chi connectivity index (χ2v) is 4.63. The maximum Gasteiger partial charge on any atom is 0.0667 e. The Hall–Kier alpha value is -0.860. The zero-order chi connectivity index (χ0) is 11.4. The van der Waals surface area contributed by atoms with E-state index in [1.165, 1.54) is 24.8 Å². The summed E-state index contributed by atoms with van der Waals surface area (Å²) >= 11 is 0. The van der Waals surface area contributed by atoms with Gasteiger partial charge < -0.3 is 10.1 Å². The first kappa shape index (κ1) is 11.6. The molecule has 1 aliphatic carbocycles. The van der Waals surface area contributed by atoms with E-state index in [4.69, 9.17) is 4.74 Å². The number of benzene rings is 1. The third kappa shape index (κ3) is 2.83. The average Bonchev–Trinajstić information content (AvgIpc) is 2.76. The van der Waals surface area contributed by atoms with Crippen LogP contribution in [0.4, 0.5) is 0 Å². The van der Waals surface area contributed by atoms with Crippen LogP contribution in [-0.2, 0) is 24.1 Å². The summed E-state index contributed by atoms with van der Waals surface area (Å²) < 4.78 is 5.20. The van der Waals surface area contributed by atoms with Gasteiger partial charge in [0.15, 0.2) is 0 Å². The van der Waals surface area contributed by atoms with Gasteiger partial charge in [-0.25, -0.2) is 0 Å². The van der Waals surface area contributed by atoms with Crippen LogP contribution in [0.3, 0.4) is 0 Å². The van der Waals surface area contributed by atoms with Gasteiger partial charge in [0.05, 0.1) is 6.10 Å². The minimum absolute atomic E-state index is 0.287. The molecule has 0 amide bonds. The van der Waals surface area contributed by atoms with Crippen LogP contribution in [0.5, 0.6) is 0 Å². The largest absolute Gasteiger partial charge is 0.380 e. The van der Waals surface area contributed by atoms with Crippen molar-refractivity contribution in [1.82, 2.24) is 5.32 Å². The molecule has 0 aromatic heterocycles. The predicted octanol–water partition coefficient (Wildman–Crippen LogP) is 2.30. The summed E-state index contributed by atoms with van der Waals surface area (Å²) in [5, 5.41) is 3.42. The summed E-state index contributed by atoms with van der Waals surface area (Å²) in [6.45, 7) is 3.93. The van der Waals surface area contributed by atoms with Crippen molar-refractivity contribution in [2.45, 2.75) is 38.8 Å². The molecule has 1 unspecified atom stereocenters. The Balaban J connectivity index is 1.86. The maximum atomic E-state index is 5.20. The van der Waals surface area contributed by atoms with Gasteiger partial charge in [-0.15, -0.1) is 0 Å². The molecule has 1 aromatic carbocycles. The molecule has 0 aliphatic heterocycles. The normalized spacial score (nSPS) is 16.1. The zero-order valence-corrected chi connectivity index (χ0v) is 10.3. The molecule has 1 atom stereocenters. The summed E-state index contributed by atoms with van der Waals surface area (Å²) in [6, 6.07) is 6.89. The van der Waals surface area contributed by atoms with E-state index in [9.17, 15) is 0 Å². The van der Waals surface area contributed by atoms with Gasteiger partial charge in [0.1, 0.15) is 0 Å². The van der Waals surface area contributed by atoms with E-state index in [0.717, 1.165) is 13.1 Å². The van der Waals surface area contributed by atoms with Gasteiger partial charge in [-0.1, -0.05) is 18.2 Å². The number of fused-ring (bicyclic) bond motifs is 1. The lowest BCUT2D eigenvalue weighted by Gasteiger charge is -2.11. The highest BCUT2D eigenvalue weighted by atomic mass is 16.5. The maximum absolute atomic E-state index is 5.20. The van der Waals surface area contributed by atoms with E-state index in [1.807, 2.05) is 0 Å². The average molecular weight is 219 g/mol. The fraction of sp³-hybridized carbons (Fsp3) is 0.571. The van der Waals surface area contributed by atoms with Crippen molar-refractivity contribution in [1.29, 1.82) is 0 Å². The lowest BCUT2D eigenvalue weighted by molar-refractivity contribution is 0.117. The molecular formula is C14H21NO. The first-order chi connectivity index (χ1) is 7.79. The Bertz CT molecular complexity index is 349. The summed E-state index contributed by atoms with van der Waals surface area (Å²) in [4.78, 5) is 0. The SMILES string of the molecule is COC(C)CNCc1ccc2c(c1)CCC2. The molecule has 0 saturated carbocycles. The smallest absolute Gasteiger partial charge is 0.0667 e. The Labute approximate surface area is 98.0 Å². The Kier molecular flexibility index (Phi) is 3.97. The molecule has 2 heteroatoms. The first-order valence-electron chi connectivity index (χ1n) is 6.14. The van der Waals surface area contributed by atoms with Crippen molar-refractivity contribution in [2.75, 3.05) is 13.7 Å². The standard InChI is InChI=1S/C14H21NO/c1-11(16-2)9-15-10-12-6-7-13-4-3-5-14(13)8-12/h6-8,11,15H,3-5,9-10H2,1-2H3. The number of ether oxygens (including phenoxy) is 1. The predicted molar refractivity (Wildman–Crippen MR) is 66.6 cm³/mol. The molecule has 0 heterocycles. The quantitative estimate of drug-likeness (QED) is 0.820. The molecule has 1 aromatic rings. The van der Waals surface area contributed by atoms with Crippen LogP contribution in [-0.4, -0.2) is 19.8 Å². The molecule has 1 aliphatic rings. The van der Waals surface area contributed by atoms with Gasteiger partial charge in [0.2, 0.25) is 0 Å². The topological polar surface area (TPSA) is 21.3 Å². The lowest BCUT2D eigenvalue weighted by atomic mass is 10.1. The molecule has 88 valence electrons. The minimum atomic E-state index is 0.287. The van der Waals surface area contributed by atoms with Crippen LogP contribution in [0, 0.1) is 0 Å². The third-order valence-electron chi connectivity index (χ3n) is 3.33. The molecule has 2 nitrogen and oxygen atoms in total. The van der Waals surface area contributed by atoms with E-state index in [1.54, 1.807) is 18.2 Å². The van der Waals surface area contributed by atoms with Gasteiger partial charge in [0, 0.05) is 20.2 Å². The Morgan fingerprint density at radius 1 is 1.31 bits per heavy atom. The first-order valence-corrected chi connectivity index (χ1v) is 6.14. The van der Waals surface area contributed by atoms with Crippen LogP contribution in [0.1, 0.15) is 30.0 Å². The Morgan fingerprint density at radius 3 is 2.94 bits per heavy atom. The molecule has 0 fully saturated rings. The molecule has 0 saturated heterocycles. The van der Waals surface area contributed by atoms with E-state index < -0.39 is 0 Å². The molecule has 16 heavy (non-hydrogen) atoms. The second kappa shape index (κ2) is 5.46. The van der Waals surface area contributed by atoms with E-state index in [-0.39, 0.29) is 6.10 Å². The summed E-state index contributed by atoms with van der Waals surface area (Å²) in [6.07, 6.45) is 4.14. The summed E-state index contributed by atoms with van der Waals surface area (Å²) in [7, 11) is 1.75. The van der Waals surface area contributed by atoms with E-state index in [2.05, 4.69) is 30.4 Å². The van der Waals surface area contributed by atoms with E-state index in [0.29, 0.717) is 0 Å². The van der Waals surface area contributed by atoms with Crippen molar-refractivity contribution >= 4 is 0 Å². The number of aryl methyl sites for hydroxylation is 2. The minimum Gasteiger partial charge on any atom is -0.380 e. The van der Waals surface area contributed by atoms with E-state index >= 15 is 0 Å². The lowest BCUT2D eigenvalue weighted by Crippen LogP contribution is -2.25. The highest BCUT2D eigenvalue weighted by molar-refractivity contribution is 5.35. The fourth-order valence-electron chi connectivity index (χ4n) is 2.24. The third-order valence-corrected chi connectivity index (χ3v) is 3.33. The van der Waals surface area contributed by atoms with Gasteiger partial charge in [0.25, 0.3) is 0 Å². The van der Waals surface area contributed by atoms with Crippen molar-refractivity contribution in [3.05, 3.63) is 34.9 Å². The molecular weight excluding hydrogens is 198 g/mol. The molecule has 0 bridgehead atoms. The molecule has 0 radical (unpaired) electrons. The Morgan fingerprint density at radius 2 is 2.12 bits per heavy atom. The number of hydrogen-bond donors (Lipinski definition) is 1. The number of hydrogen-bond acceptors (Lipinski definition) is 2. The highest BCUT2D eigenvalue weighted by Gasteiger charge is 2.10. The number of nitrogens with one attached hydrogen (secondary N) is 1. The molecule has 0 spiro atoms. The van der Waals surface area contributed by atoms with Crippen LogP contribution in [0.25, 0.3) is 0 Å². The second-order valence-electron chi connectivity index (χ2n) is 4.63. The van der Waals surface area contributed by atoms with Crippen LogP contribution >= 0.6 is 0 Å². The van der Waals surface area contributed by atoms with Gasteiger partial charge in [-0.2, -0.15) is 0 Å². The van der Waals surface area contributed by atoms with Crippen LogP contribution in [0.2, 0.25) is 0 Å². The highest BCUT2D eigenvalue weighted by Crippen LogP contribution is 2.22. The van der Waals surface area contributed by atoms with Gasteiger partial charge >= 0.3 is 0 Å². The molecule has 2 rings (SSSR count). The van der Waals surface area contributed by atoms with Gasteiger partial charge in [-0.3, -0.25) is 0 Å². The zero-order valence-electron chi connectivity index (χ0n) is 10.3. The monoisotopic (exact) mass is 219 g/mol. The van der Waals surface area contributed by atoms with Crippen molar-refractivity contribution in [3.63, 3.8) is 0 Å². The van der Waals surface area contributed by atoms with Crippen LogP contribution in [0.15, 0.2) is 18.2 Å². The number of methoxy groups -OCH3 is 1. The summed E-state index contributed by atoms with van der Waals surface area (Å²) in [5.41, 5.74) is 4.50. The van der Waals surface area contributed by atoms with Gasteiger partial charge in [-0.05, 0) is 42.9 Å². The molecule has 1 N–H and O–H groups in total. The summed E-state index contributed by atoms with van der Waals surface area (Å²) in [5.74, 6) is 0. The van der Waals surface area contributed by atoms with Crippen LogP contribution < -0.4 is 5.32 Å². The van der Waals surface area contributed by atoms with Crippen molar-refractivity contribution in [3.8, 4) is 0 Å². The fourth-order valence-corrected chi connectivity index (χ4v) is 2.24. The van der Waals surface area contributed by atoms with Crippen molar-refractivity contribution in [2.24, 2.45) is 0 Å².